The molecule has 23 heavy (non-hydrogen) atoms. The highest BCUT2D eigenvalue weighted by Crippen LogP contribution is 2.36. The van der Waals surface area contributed by atoms with Gasteiger partial charge < -0.3 is 20.3 Å². The third kappa shape index (κ3) is 3.83. The van der Waals surface area contributed by atoms with Gasteiger partial charge in [-0.1, -0.05) is 11.6 Å². The molecule has 0 fully saturated rings. The van der Waals surface area contributed by atoms with Gasteiger partial charge in [0, 0.05) is 24.1 Å². The van der Waals surface area contributed by atoms with Crippen LogP contribution in [0.2, 0.25) is 0 Å². The van der Waals surface area contributed by atoms with Crippen LogP contribution in [0.5, 0.6) is 11.5 Å². The summed E-state index contributed by atoms with van der Waals surface area (Å²) < 4.78 is 4.87. The second-order valence-corrected chi connectivity index (χ2v) is 5.49. The van der Waals surface area contributed by atoms with Crippen LogP contribution in [0.15, 0.2) is 17.7 Å². The van der Waals surface area contributed by atoms with E-state index in [1.54, 1.807) is 6.92 Å². The average molecular weight is 319 g/mol. The molecule has 6 nitrogen and oxygen atoms in total. The summed E-state index contributed by atoms with van der Waals surface area (Å²) in [4.78, 5) is 22.9. The summed E-state index contributed by atoms with van der Waals surface area (Å²) in [6.45, 7) is 4.27. The number of amides is 1. The van der Waals surface area contributed by atoms with Gasteiger partial charge in [-0.2, -0.15) is 0 Å². The van der Waals surface area contributed by atoms with Crippen molar-refractivity contribution in [1.82, 2.24) is 5.32 Å². The topological polar surface area (TPSA) is 95.9 Å². The highest BCUT2D eigenvalue weighted by molar-refractivity contribution is 5.99. The fraction of sp³-hybridized carbons (Fsp3) is 0.412. The molecule has 1 aromatic carbocycles. The van der Waals surface area contributed by atoms with Crippen molar-refractivity contribution in [2.75, 3.05) is 6.61 Å². The van der Waals surface area contributed by atoms with Crippen LogP contribution in [-0.2, 0) is 22.5 Å². The van der Waals surface area contributed by atoms with Gasteiger partial charge >= 0.3 is 5.97 Å². The Morgan fingerprint density at radius 1 is 1.39 bits per heavy atom. The summed E-state index contributed by atoms with van der Waals surface area (Å²) in [7, 11) is 0. The van der Waals surface area contributed by atoms with E-state index in [0.29, 0.717) is 42.6 Å². The Morgan fingerprint density at radius 2 is 2.13 bits per heavy atom. The lowest BCUT2D eigenvalue weighted by Gasteiger charge is -2.10. The molecule has 1 amide bonds. The minimum absolute atomic E-state index is 0.0483. The molecule has 1 aliphatic heterocycles. The van der Waals surface area contributed by atoms with E-state index < -0.39 is 0 Å². The van der Waals surface area contributed by atoms with Crippen molar-refractivity contribution in [3.63, 3.8) is 0 Å². The Labute approximate surface area is 134 Å². The predicted molar refractivity (Wildman–Crippen MR) is 84.3 cm³/mol. The van der Waals surface area contributed by atoms with Crippen LogP contribution >= 0.6 is 0 Å². The normalized spacial score (nSPS) is 13.7. The van der Waals surface area contributed by atoms with Gasteiger partial charge in [0.15, 0.2) is 0 Å². The summed E-state index contributed by atoms with van der Waals surface area (Å²) in [5.41, 5.74) is 2.18. The van der Waals surface area contributed by atoms with E-state index in [4.69, 9.17) is 4.74 Å². The van der Waals surface area contributed by atoms with E-state index in [1.165, 1.54) is 6.07 Å². The van der Waals surface area contributed by atoms with Crippen LogP contribution < -0.4 is 5.32 Å². The van der Waals surface area contributed by atoms with E-state index in [9.17, 15) is 19.8 Å². The van der Waals surface area contributed by atoms with Gasteiger partial charge in [-0.3, -0.25) is 9.59 Å². The molecular weight excluding hydrogens is 298 g/mol. The van der Waals surface area contributed by atoms with Crippen molar-refractivity contribution in [2.24, 2.45) is 0 Å². The zero-order chi connectivity index (χ0) is 17.0. The lowest BCUT2D eigenvalue weighted by molar-refractivity contribution is -0.143. The first-order valence-electron chi connectivity index (χ1n) is 7.60. The number of hydrogen-bond donors (Lipinski definition) is 3. The Balaban J connectivity index is 2.07. The summed E-state index contributed by atoms with van der Waals surface area (Å²) >= 11 is 0. The van der Waals surface area contributed by atoms with Crippen molar-refractivity contribution in [1.29, 1.82) is 0 Å². The zero-order valence-electron chi connectivity index (χ0n) is 13.3. The standard InChI is InChI=1S/C17H21NO5/c1-3-23-15(20)7-5-10(2)4-6-11-14(19)8-12-13(16(11)21)9-18-17(12)22/h4,8,19,21H,3,5-7,9H2,1-2H3,(H,18,22). The number of aromatic hydroxyl groups is 2. The van der Waals surface area contributed by atoms with E-state index in [-0.39, 0.29) is 29.9 Å². The first-order chi connectivity index (χ1) is 10.9. The third-order valence-electron chi connectivity index (χ3n) is 3.84. The van der Waals surface area contributed by atoms with Gasteiger partial charge in [0.1, 0.15) is 11.5 Å². The molecule has 3 N–H and O–H groups in total. The maximum atomic E-state index is 11.6. The maximum absolute atomic E-state index is 11.6. The second kappa shape index (κ2) is 7.17. The zero-order valence-corrected chi connectivity index (χ0v) is 13.3. The Kier molecular flexibility index (Phi) is 5.26. The van der Waals surface area contributed by atoms with Gasteiger partial charge in [0.25, 0.3) is 5.91 Å². The molecule has 1 aromatic rings. The highest BCUT2D eigenvalue weighted by atomic mass is 16.5. The van der Waals surface area contributed by atoms with Crippen LogP contribution in [0.4, 0.5) is 0 Å². The second-order valence-electron chi connectivity index (χ2n) is 5.49. The smallest absolute Gasteiger partial charge is 0.306 e. The summed E-state index contributed by atoms with van der Waals surface area (Å²) in [5, 5.41) is 22.9. The van der Waals surface area contributed by atoms with Crippen molar-refractivity contribution in [2.45, 2.75) is 39.7 Å². The van der Waals surface area contributed by atoms with Crippen LogP contribution in [-0.4, -0.2) is 28.7 Å². The van der Waals surface area contributed by atoms with Gasteiger partial charge in [-0.05, 0) is 32.8 Å². The van der Waals surface area contributed by atoms with Crippen LogP contribution in [0.1, 0.15) is 48.2 Å². The molecule has 0 saturated carbocycles. The van der Waals surface area contributed by atoms with Gasteiger partial charge in [0.2, 0.25) is 0 Å². The van der Waals surface area contributed by atoms with E-state index in [2.05, 4.69) is 5.32 Å². The molecule has 1 aliphatic rings. The fourth-order valence-electron chi connectivity index (χ4n) is 2.50. The summed E-state index contributed by atoms with van der Waals surface area (Å²) in [5.74, 6) is -0.688. The minimum atomic E-state index is -0.293. The van der Waals surface area contributed by atoms with Gasteiger partial charge in [-0.25, -0.2) is 0 Å². The van der Waals surface area contributed by atoms with Gasteiger partial charge in [0.05, 0.1) is 12.2 Å². The number of benzene rings is 1. The average Bonchev–Trinajstić information content (AvgIpc) is 2.87. The number of hydrogen-bond acceptors (Lipinski definition) is 5. The molecule has 0 bridgehead atoms. The quantitative estimate of drug-likeness (QED) is 0.552. The van der Waals surface area contributed by atoms with Crippen molar-refractivity contribution < 1.29 is 24.5 Å². The molecule has 0 spiro atoms. The Morgan fingerprint density at radius 3 is 2.83 bits per heavy atom. The fourth-order valence-corrected chi connectivity index (χ4v) is 2.50. The van der Waals surface area contributed by atoms with Crippen molar-refractivity contribution in [3.05, 3.63) is 34.4 Å². The first-order valence-corrected chi connectivity index (χ1v) is 7.60. The molecule has 6 heteroatoms. The Hall–Kier alpha value is -2.50. The molecule has 0 aliphatic carbocycles. The molecule has 0 atom stereocenters. The number of ether oxygens (including phenoxy) is 1. The monoisotopic (exact) mass is 319 g/mol. The largest absolute Gasteiger partial charge is 0.507 e. The third-order valence-corrected chi connectivity index (χ3v) is 3.84. The number of fused-ring (bicyclic) bond motifs is 1. The number of allylic oxidation sites excluding steroid dienone is 2. The molecule has 0 saturated heterocycles. The number of phenolic OH excluding ortho intramolecular Hbond substituents is 2. The molecule has 2 rings (SSSR count). The molecule has 1 heterocycles. The number of carbonyl (C=O) groups is 2. The number of esters is 1. The van der Waals surface area contributed by atoms with Crippen LogP contribution in [0.3, 0.4) is 0 Å². The minimum Gasteiger partial charge on any atom is -0.507 e. The molecular formula is C17H21NO5. The lowest BCUT2D eigenvalue weighted by atomic mass is 9.99. The maximum Gasteiger partial charge on any atom is 0.306 e. The van der Waals surface area contributed by atoms with Crippen LogP contribution in [0.25, 0.3) is 0 Å². The Bertz CT molecular complexity index is 663. The number of rotatable bonds is 6. The molecule has 0 unspecified atom stereocenters. The van der Waals surface area contributed by atoms with Crippen molar-refractivity contribution >= 4 is 11.9 Å². The van der Waals surface area contributed by atoms with E-state index >= 15 is 0 Å². The first kappa shape index (κ1) is 16.9. The SMILES string of the molecule is CCOC(=O)CCC(C)=CCc1c(O)cc2c(c1O)CNC2=O. The molecule has 124 valence electrons. The summed E-state index contributed by atoms with van der Waals surface area (Å²) in [6, 6.07) is 1.38. The predicted octanol–water partition coefficient (Wildman–Crippen LogP) is 2.17. The lowest BCUT2D eigenvalue weighted by Crippen LogP contribution is -2.12. The van der Waals surface area contributed by atoms with Crippen LogP contribution in [0, 0.1) is 0 Å². The van der Waals surface area contributed by atoms with Gasteiger partial charge in [-0.15, -0.1) is 0 Å². The highest BCUT2D eigenvalue weighted by Gasteiger charge is 2.25. The van der Waals surface area contributed by atoms with E-state index in [1.807, 2.05) is 13.0 Å². The molecule has 0 aromatic heterocycles. The molecule has 0 radical (unpaired) electrons. The van der Waals surface area contributed by atoms with Crippen molar-refractivity contribution in [3.8, 4) is 11.5 Å². The number of carbonyl (C=O) groups excluding carboxylic acids is 2. The number of phenols is 2. The number of nitrogens with one attached hydrogen (secondary N) is 1. The van der Waals surface area contributed by atoms with E-state index in [0.717, 1.165) is 5.57 Å². The summed E-state index contributed by atoms with van der Waals surface area (Å²) in [6.07, 6.45) is 3.04.